The fourth-order valence-electron chi connectivity index (χ4n) is 2.73. The molecule has 1 atom stereocenters. The summed E-state index contributed by atoms with van der Waals surface area (Å²) in [7, 11) is 1.82. The zero-order valence-corrected chi connectivity index (χ0v) is 12.2. The van der Waals surface area contributed by atoms with Crippen LogP contribution in [0.1, 0.15) is 26.2 Å². The molecular weight excluding hydrogens is 264 g/mol. The SMILES string of the molecule is CCC1(CO)CCCN(c2ncnc(Cl)c2NC)C1. The van der Waals surface area contributed by atoms with Crippen LogP contribution in [0.5, 0.6) is 0 Å². The summed E-state index contributed by atoms with van der Waals surface area (Å²) in [6.45, 7) is 4.09. The molecule has 1 aliphatic rings. The predicted molar refractivity (Wildman–Crippen MR) is 77.8 cm³/mol. The molecule has 2 rings (SSSR count). The average molecular weight is 285 g/mol. The van der Waals surface area contributed by atoms with Crippen molar-refractivity contribution in [1.29, 1.82) is 0 Å². The average Bonchev–Trinajstić information content (AvgIpc) is 2.47. The van der Waals surface area contributed by atoms with Gasteiger partial charge in [-0.3, -0.25) is 0 Å². The lowest BCUT2D eigenvalue weighted by molar-refractivity contribution is 0.101. The number of hydrogen-bond donors (Lipinski definition) is 2. The van der Waals surface area contributed by atoms with E-state index >= 15 is 0 Å². The van der Waals surface area contributed by atoms with Gasteiger partial charge in [0.25, 0.3) is 0 Å². The third kappa shape index (κ3) is 2.77. The van der Waals surface area contributed by atoms with E-state index in [0.717, 1.165) is 43.9 Å². The number of aliphatic hydroxyl groups excluding tert-OH is 1. The standard InChI is InChI=1S/C13H21ClN4O/c1-3-13(8-19)5-4-6-18(7-13)12-10(15-2)11(14)16-9-17-12/h9,15,19H,3-8H2,1-2H3. The van der Waals surface area contributed by atoms with E-state index in [1.165, 1.54) is 6.33 Å². The van der Waals surface area contributed by atoms with Gasteiger partial charge in [0, 0.05) is 25.6 Å². The Morgan fingerprint density at radius 1 is 1.53 bits per heavy atom. The van der Waals surface area contributed by atoms with Crippen LogP contribution < -0.4 is 10.2 Å². The molecule has 0 radical (unpaired) electrons. The van der Waals surface area contributed by atoms with Gasteiger partial charge in [-0.25, -0.2) is 9.97 Å². The van der Waals surface area contributed by atoms with E-state index in [0.29, 0.717) is 5.15 Å². The number of halogens is 1. The molecular formula is C13H21ClN4O. The summed E-state index contributed by atoms with van der Waals surface area (Å²) < 4.78 is 0. The molecule has 1 unspecified atom stereocenters. The maximum Gasteiger partial charge on any atom is 0.157 e. The number of nitrogens with one attached hydrogen (secondary N) is 1. The largest absolute Gasteiger partial charge is 0.396 e. The molecule has 5 nitrogen and oxygen atoms in total. The quantitative estimate of drug-likeness (QED) is 0.830. The third-order valence-electron chi connectivity index (χ3n) is 4.08. The Kier molecular flexibility index (Phi) is 4.47. The third-order valence-corrected chi connectivity index (χ3v) is 4.36. The summed E-state index contributed by atoms with van der Waals surface area (Å²) in [4.78, 5) is 10.5. The van der Waals surface area contributed by atoms with Crippen molar-refractivity contribution < 1.29 is 5.11 Å². The normalized spacial score (nSPS) is 23.5. The summed E-state index contributed by atoms with van der Waals surface area (Å²) in [6, 6.07) is 0. The second kappa shape index (κ2) is 5.92. The zero-order valence-electron chi connectivity index (χ0n) is 11.5. The van der Waals surface area contributed by atoms with Gasteiger partial charge in [0.15, 0.2) is 11.0 Å². The smallest absolute Gasteiger partial charge is 0.157 e. The van der Waals surface area contributed by atoms with Crippen molar-refractivity contribution in [3.63, 3.8) is 0 Å². The van der Waals surface area contributed by atoms with E-state index in [4.69, 9.17) is 11.6 Å². The predicted octanol–water partition coefficient (Wildman–Crippen LogP) is 2.16. The van der Waals surface area contributed by atoms with Crippen LogP contribution in [0.4, 0.5) is 11.5 Å². The van der Waals surface area contributed by atoms with Crippen LogP contribution >= 0.6 is 11.6 Å². The van der Waals surface area contributed by atoms with Crippen molar-refractivity contribution in [1.82, 2.24) is 9.97 Å². The summed E-state index contributed by atoms with van der Waals surface area (Å²) in [5.41, 5.74) is 0.731. The number of nitrogens with zero attached hydrogens (tertiary/aromatic N) is 3. The Bertz CT molecular complexity index is 437. The highest BCUT2D eigenvalue weighted by Gasteiger charge is 2.34. The molecule has 0 bridgehead atoms. The molecule has 0 aromatic carbocycles. The number of piperidine rings is 1. The number of rotatable bonds is 4. The van der Waals surface area contributed by atoms with Crippen LogP contribution in [-0.2, 0) is 0 Å². The second-order valence-corrected chi connectivity index (χ2v) is 5.51. The molecule has 2 heterocycles. The van der Waals surface area contributed by atoms with Crippen molar-refractivity contribution >= 4 is 23.1 Å². The lowest BCUT2D eigenvalue weighted by atomic mass is 9.78. The maximum atomic E-state index is 9.69. The molecule has 0 aliphatic carbocycles. The molecule has 1 fully saturated rings. The number of aromatic nitrogens is 2. The molecule has 1 aliphatic heterocycles. The van der Waals surface area contributed by atoms with Crippen molar-refractivity contribution in [2.75, 3.05) is 37.0 Å². The fourth-order valence-corrected chi connectivity index (χ4v) is 2.95. The Morgan fingerprint density at radius 3 is 2.95 bits per heavy atom. The highest BCUT2D eigenvalue weighted by molar-refractivity contribution is 6.32. The van der Waals surface area contributed by atoms with E-state index in [1.807, 2.05) is 7.05 Å². The minimum atomic E-state index is -0.0271. The summed E-state index contributed by atoms with van der Waals surface area (Å²) in [5, 5.41) is 13.2. The summed E-state index contributed by atoms with van der Waals surface area (Å²) in [5.74, 6) is 0.827. The van der Waals surface area contributed by atoms with E-state index in [1.54, 1.807) is 0 Å². The number of anilines is 2. The molecule has 1 aromatic rings. The maximum absolute atomic E-state index is 9.69. The van der Waals surface area contributed by atoms with Crippen LogP contribution in [-0.4, -0.2) is 41.8 Å². The van der Waals surface area contributed by atoms with Gasteiger partial charge in [-0.05, 0) is 19.3 Å². The minimum Gasteiger partial charge on any atom is -0.396 e. The minimum absolute atomic E-state index is 0.0271. The van der Waals surface area contributed by atoms with Crippen LogP contribution in [0.3, 0.4) is 0 Å². The van der Waals surface area contributed by atoms with E-state index < -0.39 is 0 Å². The number of hydrogen-bond acceptors (Lipinski definition) is 5. The lowest BCUT2D eigenvalue weighted by Crippen LogP contribution is -2.45. The van der Waals surface area contributed by atoms with Crippen molar-refractivity contribution in [2.45, 2.75) is 26.2 Å². The van der Waals surface area contributed by atoms with Crippen LogP contribution in [0.25, 0.3) is 0 Å². The lowest BCUT2D eigenvalue weighted by Gasteiger charge is -2.42. The molecule has 19 heavy (non-hydrogen) atoms. The first kappa shape index (κ1) is 14.3. The van der Waals surface area contributed by atoms with E-state index in [2.05, 4.69) is 27.1 Å². The Labute approximate surface area is 119 Å². The van der Waals surface area contributed by atoms with Crippen LogP contribution in [0.2, 0.25) is 5.15 Å². The molecule has 0 saturated carbocycles. The molecule has 1 saturated heterocycles. The van der Waals surface area contributed by atoms with Crippen LogP contribution in [0.15, 0.2) is 6.33 Å². The summed E-state index contributed by atoms with van der Waals surface area (Å²) in [6.07, 6.45) is 4.57. The van der Waals surface area contributed by atoms with E-state index in [9.17, 15) is 5.11 Å². The Morgan fingerprint density at radius 2 is 2.32 bits per heavy atom. The molecule has 106 valence electrons. The van der Waals surface area contributed by atoms with Gasteiger partial charge in [0.2, 0.25) is 0 Å². The van der Waals surface area contributed by atoms with Crippen LogP contribution in [0, 0.1) is 5.41 Å². The molecule has 2 N–H and O–H groups in total. The van der Waals surface area contributed by atoms with Gasteiger partial charge >= 0.3 is 0 Å². The Balaban J connectivity index is 2.29. The number of aliphatic hydroxyl groups is 1. The van der Waals surface area contributed by atoms with Gasteiger partial charge in [0.1, 0.15) is 12.0 Å². The molecule has 1 aromatic heterocycles. The second-order valence-electron chi connectivity index (χ2n) is 5.15. The van der Waals surface area contributed by atoms with Gasteiger partial charge in [0.05, 0.1) is 6.61 Å². The van der Waals surface area contributed by atoms with Crippen molar-refractivity contribution in [3.8, 4) is 0 Å². The molecule has 6 heteroatoms. The monoisotopic (exact) mass is 284 g/mol. The van der Waals surface area contributed by atoms with E-state index in [-0.39, 0.29) is 12.0 Å². The first-order valence-corrected chi connectivity index (χ1v) is 7.07. The fraction of sp³-hybridized carbons (Fsp3) is 0.692. The first-order valence-electron chi connectivity index (χ1n) is 6.70. The van der Waals surface area contributed by atoms with Crippen molar-refractivity contribution in [2.24, 2.45) is 5.41 Å². The van der Waals surface area contributed by atoms with Gasteiger partial charge in [-0.15, -0.1) is 0 Å². The van der Waals surface area contributed by atoms with Gasteiger partial charge in [-0.2, -0.15) is 0 Å². The topological polar surface area (TPSA) is 61.3 Å². The highest BCUT2D eigenvalue weighted by Crippen LogP contribution is 2.37. The summed E-state index contributed by atoms with van der Waals surface area (Å²) >= 11 is 6.10. The zero-order chi connectivity index (χ0) is 13.9. The molecule has 0 spiro atoms. The van der Waals surface area contributed by atoms with Gasteiger partial charge in [-0.1, -0.05) is 18.5 Å². The molecule has 0 amide bonds. The highest BCUT2D eigenvalue weighted by atomic mass is 35.5. The Hall–Kier alpha value is -1.07. The van der Waals surface area contributed by atoms with Crippen molar-refractivity contribution in [3.05, 3.63) is 11.5 Å². The van der Waals surface area contributed by atoms with Gasteiger partial charge < -0.3 is 15.3 Å². The first-order chi connectivity index (χ1) is 9.15.